The number of hydrogen-bond acceptors (Lipinski definition) is 4. The molecule has 1 aromatic heterocycles. The van der Waals surface area contributed by atoms with Gasteiger partial charge in [0.05, 0.1) is 0 Å². The van der Waals surface area contributed by atoms with Crippen LogP contribution in [0.25, 0.3) is 0 Å². The van der Waals surface area contributed by atoms with Crippen LogP contribution in [0, 0.1) is 0 Å². The number of halogens is 1. The maximum Gasteiger partial charge on any atom is 0.134 e. The second kappa shape index (κ2) is 6.26. The standard InChI is InChI=1S/C14H16ClN3S/c1-9(2)14-17-12(16-3)8-13(18-14)19-11-6-4-5-10(15)7-11/h4-9H,1-3H3,(H,16,17,18). The van der Waals surface area contributed by atoms with E-state index in [4.69, 9.17) is 11.6 Å². The minimum atomic E-state index is 0.298. The Hall–Kier alpha value is -1.26. The summed E-state index contributed by atoms with van der Waals surface area (Å²) in [6, 6.07) is 9.70. The molecule has 0 aliphatic rings. The number of rotatable bonds is 4. The van der Waals surface area contributed by atoms with Crippen molar-refractivity contribution < 1.29 is 0 Å². The van der Waals surface area contributed by atoms with Crippen molar-refractivity contribution in [3.05, 3.63) is 41.2 Å². The Balaban J connectivity index is 2.31. The number of aromatic nitrogens is 2. The molecule has 0 atom stereocenters. The molecule has 2 rings (SSSR count). The van der Waals surface area contributed by atoms with E-state index in [1.807, 2.05) is 37.4 Å². The first-order valence-corrected chi connectivity index (χ1v) is 7.28. The number of benzene rings is 1. The zero-order chi connectivity index (χ0) is 13.8. The van der Waals surface area contributed by atoms with E-state index in [2.05, 4.69) is 29.1 Å². The molecule has 0 saturated carbocycles. The summed E-state index contributed by atoms with van der Waals surface area (Å²) < 4.78 is 0. The molecule has 0 amide bonds. The molecule has 0 unspecified atom stereocenters. The van der Waals surface area contributed by atoms with Gasteiger partial charge in [0.2, 0.25) is 0 Å². The monoisotopic (exact) mass is 293 g/mol. The third-order valence-electron chi connectivity index (χ3n) is 2.51. The fraction of sp³-hybridized carbons (Fsp3) is 0.286. The molecule has 3 nitrogen and oxygen atoms in total. The summed E-state index contributed by atoms with van der Waals surface area (Å²) in [4.78, 5) is 10.1. The van der Waals surface area contributed by atoms with Crippen LogP contribution in [0.15, 0.2) is 40.3 Å². The molecule has 5 heteroatoms. The fourth-order valence-electron chi connectivity index (χ4n) is 1.53. The fourth-order valence-corrected chi connectivity index (χ4v) is 2.67. The highest BCUT2D eigenvalue weighted by Crippen LogP contribution is 2.30. The summed E-state index contributed by atoms with van der Waals surface area (Å²) in [6.07, 6.45) is 0. The summed E-state index contributed by atoms with van der Waals surface area (Å²) >= 11 is 7.58. The van der Waals surface area contributed by atoms with Crippen molar-refractivity contribution in [1.82, 2.24) is 9.97 Å². The molecule has 1 N–H and O–H groups in total. The lowest BCUT2D eigenvalue weighted by atomic mass is 10.2. The van der Waals surface area contributed by atoms with Gasteiger partial charge >= 0.3 is 0 Å². The Morgan fingerprint density at radius 3 is 2.63 bits per heavy atom. The lowest BCUT2D eigenvalue weighted by molar-refractivity contribution is 0.755. The van der Waals surface area contributed by atoms with Crippen LogP contribution in [0.2, 0.25) is 5.02 Å². The Kier molecular flexibility index (Phi) is 4.66. The summed E-state index contributed by atoms with van der Waals surface area (Å²) in [5, 5.41) is 4.72. The van der Waals surface area contributed by atoms with Crippen molar-refractivity contribution >= 4 is 29.2 Å². The van der Waals surface area contributed by atoms with E-state index in [1.165, 1.54) is 0 Å². The van der Waals surface area contributed by atoms with Crippen molar-refractivity contribution in [2.24, 2.45) is 0 Å². The molecule has 1 heterocycles. The van der Waals surface area contributed by atoms with Gasteiger partial charge in [0.1, 0.15) is 16.7 Å². The van der Waals surface area contributed by atoms with Crippen molar-refractivity contribution in [1.29, 1.82) is 0 Å². The maximum atomic E-state index is 5.99. The largest absolute Gasteiger partial charge is 0.373 e. The zero-order valence-corrected chi connectivity index (χ0v) is 12.7. The van der Waals surface area contributed by atoms with E-state index in [0.29, 0.717) is 5.92 Å². The maximum absolute atomic E-state index is 5.99. The molecule has 0 bridgehead atoms. The van der Waals surface area contributed by atoms with Gasteiger partial charge < -0.3 is 5.32 Å². The van der Waals surface area contributed by atoms with E-state index in [-0.39, 0.29) is 0 Å². The minimum absolute atomic E-state index is 0.298. The first-order valence-electron chi connectivity index (χ1n) is 6.08. The SMILES string of the molecule is CNc1cc(Sc2cccc(Cl)c2)nc(C(C)C)n1. The topological polar surface area (TPSA) is 37.8 Å². The Labute approximate surface area is 122 Å². The van der Waals surface area contributed by atoms with Gasteiger partial charge in [-0.1, -0.05) is 43.3 Å². The molecule has 0 aliphatic heterocycles. The van der Waals surface area contributed by atoms with Crippen LogP contribution in [0.5, 0.6) is 0 Å². The van der Waals surface area contributed by atoms with Gasteiger partial charge in [-0.2, -0.15) is 0 Å². The van der Waals surface area contributed by atoms with Crippen LogP contribution in [-0.2, 0) is 0 Å². The summed E-state index contributed by atoms with van der Waals surface area (Å²) in [7, 11) is 1.86. The van der Waals surface area contributed by atoms with Gasteiger partial charge in [-0.05, 0) is 18.2 Å². The van der Waals surface area contributed by atoms with Crippen LogP contribution in [0.4, 0.5) is 5.82 Å². The van der Waals surface area contributed by atoms with E-state index in [9.17, 15) is 0 Å². The second-order valence-electron chi connectivity index (χ2n) is 4.41. The van der Waals surface area contributed by atoms with Crippen LogP contribution in [-0.4, -0.2) is 17.0 Å². The van der Waals surface area contributed by atoms with Crippen LogP contribution in [0.1, 0.15) is 25.6 Å². The van der Waals surface area contributed by atoms with Gasteiger partial charge in [0, 0.05) is 29.0 Å². The number of hydrogen-bond donors (Lipinski definition) is 1. The molecule has 0 aliphatic carbocycles. The number of nitrogens with zero attached hydrogens (tertiary/aromatic N) is 2. The van der Waals surface area contributed by atoms with Gasteiger partial charge in [0.15, 0.2) is 0 Å². The van der Waals surface area contributed by atoms with E-state index in [0.717, 1.165) is 26.6 Å². The van der Waals surface area contributed by atoms with Gasteiger partial charge in [-0.3, -0.25) is 0 Å². The number of nitrogens with one attached hydrogen (secondary N) is 1. The highest BCUT2D eigenvalue weighted by molar-refractivity contribution is 7.99. The molecule has 1 aromatic carbocycles. The lowest BCUT2D eigenvalue weighted by Gasteiger charge is -2.09. The highest BCUT2D eigenvalue weighted by atomic mass is 35.5. The normalized spacial score (nSPS) is 10.8. The Morgan fingerprint density at radius 2 is 2.00 bits per heavy atom. The lowest BCUT2D eigenvalue weighted by Crippen LogP contribution is -2.02. The molecule has 19 heavy (non-hydrogen) atoms. The van der Waals surface area contributed by atoms with Crippen molar-refractivity contribution in [2.75, 3.05) is 12.4 Å². The summed E-state index contributed by atoms with van der Waals surface area (Å²) in [6.45, 7) is 4.17. The summed E-state index contributed by atoms with van der Waals surface area (Å²) in [5.74, 6) is 1.98. The van der Waals surface area contributed by atoms with Crippen molar-refractivity contribution in [3.63, 3.8) is 0 Å². The molecule has 2 aromatic rings. The first-order chi connectivity index (χ1) is 9.08. The Morgan fingerprint density at radius 1 is 1.21 bits per heavy atom. The zero-order valence-electron chi connectivity index (χ0n) is 11.1. The van der Waals surface area contributed by atoms with E-state index >= 15 is 0 Å². The Bertz CT molecular complexity index is 572. The molecule has 0 fully saturated rings. The molecular weight excluding hydrogens is 278 g/mol. The third-order valence-corrected chi connectivity index (χ3v) is 3.65. The van der Waals surface area contributed by atoms with Crippen molar-refractivity contribution in [3.8, 4) is 0 Å². The van der Waals surface area contributed by atoms with E-state index < -0.39 is 0 Å². The molecule has 0 saturated heterocycles. The summed E-state index contributed by atoms with van der Waals surface area (Å²) in [5.41, 5.74) is 0. The molecule has 0 spiro atoms. The molecule has 0 radical (unpaired) electrons. The van der Waals surface area contributed by atoms with Gasteiger partial charge in [0.25, 0.3) is 0 Å². The first kappa shape index (κ1) is 14.2. The third kappa shape index (κ3) is 3.85. The second-order valence-corrected chi connectivity index (χ2v) is 5.94. The minimum Gasteiger partial charge on any atom is -0.373 e. The van der Waals surface area contributed by atoms with Crippen LogP contribution >= 0.6 is 23.4 Å². The van der Waals surface area contributed by atoms with Crippen molar-refractivity contribution in [2.45, 2.75) is 29.7 Å². The predicted molar refractivity (Wildman–Crippen MR) is 81.2 cm³/mol. The predicted octanol–water partition coefficient (Wildman–Crippen LogP) is 4.45. The highest BCUT2D eigenvalue weighted by Gasteiger charge is 2.08. The average molecular weight is 294 g/mol. The molecular formula is C14H16ClN3S. The molecule has 100 valence electrons. The van der Waals surface area contributed by atoms with E-state index in [1.54, 1.807) is 11.8 Å². The quantitative estimate of drug-likeness (QED) is 0.845. The van der Waals surface area contributed by atoms with Crippen LogP contribution in [0.3, 0.4) is 0 Å². The smallest absolute Gasteiger partial charge is 0.134 e. The van der Waals surface area contributed by atoms with Gasteiger partial charge in [-0.25, -0.2) is 9.97 Å². The van der Waals surface area contributed by atoms with Crippen LogP contribution < -0.4 is 5.32 Å². The van der Waals surface area contributed by atoms with Gasteiger partial charge in [-0.15, -0.1) is 0 Å². The number of anilines is 1. The average Bonchev–Trinajstić information content (AvgIpc) is 2.38.